The minimum atomic E-state index is -0.545. The highest BCUT2D eigenvalue weighted by Gasteiger charge is 2.19. The molecule has 7 heteroatoms. The summed E-state index contributed by atoms with van der Waals surface area (Å²) in [5.74, 6) is -0.545. The number of nitrogens with two attached hydrogens (primary N) is 1. The lowest BCUT2D eigenvalue weighted by atomic mass is 10.2. The molecule has 2 aromatic heterocycles. The Kier molecular flexibility index (Phi) is 3.64. The second kappa shape index (κ2) is 5.61. The zero-order valence-electron chi connectivity index (χ0n) is 12.2. The van der Waals surface area contributed by atoms with Crippen molar-refractivity contribution in [1.82, 2.24) is 9.97 Å². The van der Waals surface area contributed by atoms with E-state index in [1.807, 2.05) is 42.3 Å². The molecular formula is C15H15N5OS. The average molecular weight is 313 g/mol. The highest BCUT2D eigenvalue weighted by Crippen LogP contribution is 2.35. The van der Waals surface area contributed by atoms with Crippen LogP contribution in [0.15, 0.2) is 36.5 Å². The Morgan fingerprint density at radius 3 is 2.77 bits per heavy atom. The molecule has 3 N–H and O–H groups in total. The van der Waals surface area contributed by atoms with E-state index in [0.29, 0.717) is 10.1 Å². The van der Waals surface area contributed by atoms with Gasteiger partial charge in [0.05, 0.1) is 11.2 Å². The van der Waals surface area contributed by atoms with Gasteiger partial charge in [-0.1, -0.05) is 29.5 Å². The molecule has 0 spiro atoms. The molecule has 0 fully saturated rings. The third-order valence-electron chi connectivity index (χ3n) is 3.34. The fraction of sp³-hybridized carbons (Fsp3) is 0.133. The summed E-state index contributed by atoms with van der Waals surface area (Å²) in [6.07, 6.45) is 1.76. The summed E-state index contributed by atoms with van der Waals surface area (Å²) >= 11 is 1.37. The van der Waals surface area contributed by atoms with Crippen molar-refractivity contribution in [2.45, 2.75) is 0 Å². The van der Waals surface area contributed by atoms with E-state index in [2.05, 4.69) is 15.3 Å². The number of aromatic nitrogens is 2. The van der Waals surface area contributed by atoms with Crippen molar-refractivity contribution in [2.24, 2.45) is 5.73 Å². The maximum Gasteiger partial charge on any atom is 0.270 e. The second-order valence-corrected chi connectivity index (χ2v) is 5.68. The molecule has 0 aliphatic carbocycles. The van der Waals surface area contributed by atoms with Crippen LogP contribution in [-0.2, 0) is 0 Å². The Labute approximate surface area is 131 Å². The first-order valence-electron chi connectivity index (χ1n) is 6.67. The van der Waals surface area contributed by atoms with Gasteiger partial charge in [0.25, 0.3) is 5.91 Å². The molecule has 1 amide bonds. The van der Waals surface area contributed by atoms with Crippen LogP contribution in [0.25, 0.3) is 10.9 Å². The van der Waals surface area contributed by atoms with Crippen molar-refractivity contribution in [3.8, 4) is 0 Å². The zero-order valence-corrected chi connectivity index (χ0v) is 13.0. The molecule has 0 saturated heterocycles. The molecule has 6 nitrogen and oxygen atoms in total. The van der Waals surface area contributed by atoms with E-state index < -0.39 is 5.91 Å². The molecule has 3 rings (SSSR count). The van der Waals surface area contributed by atoms with Gasteiger partial charge in [-0.2, -0.15) is 0 Å². The van der Waals surface area contributed by atoms with Gasteiger partial charge < -0.3 is 16.0 Å². The Morgan fingerprint density at radius 2 is 2.09 bits per heavy atom. The number of fused-ring (bicyclic) bond motifs is 1. The summed E-state index contributed by atoms with van der Waals surface area (Å²) in [5, 5.41) is 5.33. The predicted molar refractivity (Wildman–Crippen MR) is 90.0 cm³/mol. The summed E-state index contributed by atoms with van der Waals surface area (Å²) in [6, 6.07) is 9.86. The molecule has 0 saturated carbocycles. The minimum Gasteiger partial charge on any atom is -0.378 e. The standard InChI is InChI=1S/C15H15N5OS/c1-17-14-12(13(16)21)19-15(22-14)20(2)10-7-3-5-9-6-4-8-18-11(9)10/h3-8,17H,1-2H3,(H2,16,21). The Morgan fingerprint density at radius 1 is 1.32 bits per heavy atom. The van der Waals surface area contributed by atoms with Crippen molar-refractivity contribution >= 4 is 44.0 Å². The number of hydrogen-bond donors (Lipinski definition) is 2. The van der Waals surface area contributed by atoms with Gasteiger partial charge in [-0.15, -0.1) is 0 Å². The van der Waals surface area contributed by atoms with Crippen molar-refractivity contribution < 1.29 is 4.79 Å². The summed E-state index contributed by atoms with van der Waals surface area (Å²) < 4.78 is 0. The number of benzene rings is 1. The molecule has 0 aliphatic heterocycles. The lowest BCUT2D eigenvalue weighted by Crippen LogP contribution is -2.14. The lowest BCUT2D eigenvalue weighted by molar-refractivity contribution is 0.0997. The highest BCUT2D eigenvalue weighted by molar-refractivity contribution is 7.20. The van der Waals surface area contributed by atoms with Crippen LogP contribution in [0.5, 0.6) is 0 Å². The molecule has 0 bridgehead atoms. The smallest absolute Gasteiger partial charge is 0.270 e. The molecule has 0 radical (unpaired) electrons. The number of nitrogens with zero attached hydrogens (tertiary/aromatic N) is 3. The molecule has 0 atom stereocenters. The fourth-order valence-electron chi connectivity index (χ4n) is 2.25. The van der Waals surface area contributed by atoms with Crippen LogP contribution in [0.4, 0.5) is 15.8 Å². The average Bonchev–Trinajstić information content (AvgIpc) is 2.98. The van der Waals surface area contributed by atoms with Crippen LogP contribution < -0.4 is 16.0 Å². The van der Waals surface area contributed by atoms with Gasteiger partial charge in [-0.05, 0) is 12.1 Å². The molecule has 112 valence electrons. The number of nitrogens with one attached hydrogen (secondary N) is 1. The normalized spacial score (nSPS) is 10.6. The summed E-state index contributed by atoms with van der Waals surface area (Å²) in [7, 11) is 3.63. The Balaban J connectivity index is 2.10. The second-order valence-electron chi connectivity index (χ2n) is 4.70. The van der Waals surface area contributed by atoms with Gasteiger partial charge in [0, 0.05) is 25.7 Å². The van der Waals surface area contributed by atoms with E-state index in [1.54, 1.807) is 13.2 Å². The van der Waals surface area contributed by atoms with Gasteiger partial charge in [-0.3, -0.25) is 9.78 Å². The number of amides is 1. The van der Waals surface area contributed by atoms with E-state index in [0.717, 1.165) is 16.6 Å². The van der Waals surface area contributed by atoms with E-state index >= 15 is 0 Å². The number of hydrogen-bond acceptors (Lipinski definition) is 6. The van der Waals surface area contributed by atoms with E-state index in [4.69, 9.17) is 5.73 Å². The molecule has 22 heavy (non-hydrogen) atoms. The highest BCUT2D eigenvalue weighted by atomic mass is 32.1. The van der Waals surface area contributed by atoms with E-state index in [9.17, 15) is 4.79 Å². The van der Waals surface area contributed by atoms with E-state index in [1.165, 1.54) is 11.3 Å². The molecule has 0 unspecified atom stereocenters. The first-order chi connectivity index (χ1) is 10.6. The number of carbonyl (C=O) groups is 1. The van der Waals surface area contributed by atoms with Gasteiger partial charge >= 0.3 is 0 Å². The third-order valence-corrected chi connectivity index (χ3v) is 4.49. The minimum absolute atomic E-state index is 0.252. The molecular weight excluding hydrogens is 298 g/mol. The number of carbonyl (C=O) groups excluding carboxylic acids is 1. The van der Waals surface area contributed by atoms with Gasteiger partial charge in [0.15, 0.2) is 10.8 Å². The zero-order chi connectivity index (χ0) is 15.7. The largest absolute Gasteiger partial charge is 0.378 e. The van der Waals surface area contributed by atoms with Gasteiger partial charge in [-0.25, -0.2) is 4.98 Å². The van der Waals surface area contributed by atoms with Gasteiger partial charge in [0.2, 0.25) is 0 Å². The van der Waals surface area contributed by atoms with Crippen molar-refractivity contribution in [3.05, 3.63) is 42.2 Å². The van der Waals surface area contributed by atoms with Crippen molar-refractivity contribution in [1.29, 1.82) is 0 Å². The summed E-state index contributed by atoms with van der Waals surface area (Å²) in [5.41, 5.74) is 7.42. The maximum absolute atomic E-state index is 11.5. The monoisotopic (exact) mass is 313 g/mol. The van der Waals surface area contributed by atoms with Crippen LogP contribution in [-0.4, -0.2) is 30.0 Å². The van der Waals surface area contributed by atoms with Crippen LogP contribution in [0.1, 0.15) is 10.5 Å². The predicted octanol–water partition coefficient (Wildman–Crippen LogP) is 2.60. The van der Waals surface area contributed by atoms with E-state index in [-0.39, 0.29) is 5.69 Å². The SMILES string of the molecule is CNc1sc(N(C)c2cccc3cccnc23)nc1C(N)=O. The number of thiazole rings is 1. The summed E-state index contributed by atoms with van der Waals surface area (Å²) in [6.45, 7) is 0. The summed E-state index contributed by atoms with van der Waals surface area (Å²) in [4.78, 5) is 22.2. The van der Waals surface area contributed by atoms with Crippen LogP contribution in [0.2, 0.25) is 0 Å². The van der Waals surface area contributed by atoms with Gasteiger partial charge in [0.1, 0.15) is 5.00 Å². The molecule has 3 aromatic rings. The third kappa shape index (κ3) is 2.35. The van der Waals surface area contributed by atoms with Crippen molar-refractivity contribution in [3.63, 3.8) is 0 Å². The Hall–Kier alpha value is -2.67. The number of rotatable bonds is 4. The van der Waals surface area contributed by atoms with Crippen LogP contribution in [0, 0.1) is 0 Å². The number of para-hydroxylation sites is 1. The molecule has 0 aliphatic rings. The first-order valence-corrected chi connectivity index (χ1v) is 7.49. The van der Waals surface area contributed by atoms with Crippen LogP contribution in [0.3, 0.4) is 0 Å². The van der Waals surface area contributed by atoms with Crippen LogP contribution >= 0.6 is 11.3 Å². The number of primary amides is 1. The molecule has 1 aromatic carbocycles. The number of anilines is 3. The number of pyridine rings is 1. The lowest BCUT2D eigenvalue weighted by Gasteiger charge is -2.17. The quantitative estimate of drug-likeness (QED) is 0.773. The first kappa shape index (κ1) is 14.3. The Bertz CT molecular complexity index is 840. The topological polar surface area (TPSA) is 84.1 Å². The fourth-order valence-corrected chi connectivity index (χ4v) is 3.15. The molecule has 2 heterocycles. The maximum atomic E-state index is 11.5. The van der Waals surface area contributed by atoms with Crippen molar-refractivity contribution in [2.75, 3.05) is 24.3 Å².